The summed E-state index contributed by atoms with van der Waals surface area (Å²) in [5, 5.41) is 10.1. The first-order valence-electron chi connectivity index (χ1n) is 7.96. The molecule has 0 aromatic heterocycles. The Morgan fingerprint density at radius 2 is 1.96 bits per heavy atom. The summed E-state index contributed by atoms with van der Waals surface area (Å²) in [5.74, 6) is -2.75. The first kappa shape index (κ1) is 17.1. The first-order valence-corrected chi connectivity index (χ1v) is 7.96. The minimum absolute atomic E-state index is 0.0324. The zero-order valence-corrected chi connectivity index (χ0v) is 13.7. The van der Waals surface area contributed by atoms with Gasteiger partial charge in [-0.2, -0.15) is 0 Å². The fraction of sp³-hybridized carbons (Fsp3) is 0.588. The Morgan fingerprint density at radius 3 is 2.50 bits per heavy atom. The second kappa shape index (κ2) is 6.29. The van der Waals surface area contributed by atoms with Crippen LogP contribution in [0, 0.1) is 17.0 Å². The molecule has 1 aromatic rings. The van der Waals surface area contributed by atoms with E-state index in [-0.39, 0.29) is 17.3 Å². The number of nitrogens with zero attached hydrogens (tertiary/aromatic N) is 1. The lowest BCUT2D eigenvalue weighted by molar-refractivity contribution is -0.199. The van der Waals surface area contributed by atoms with Crippen molar-refractivity contribution in [3.8, 4) is 5.75 Å². The van der Waals surface area contributed by atoms with Gasteiger partial charge >= 0.3 is 0 Å². The van der Waals surface area contributed by atoms with E-state index in [2.05, 4.69) is 0 Å². The zero-order valence-electron chi connectivity index (χ0n) is 13.7. The van der Waals surface area contributed by atoms with Gasteiger partial charge in [0.2, 0.25) is 0 Å². The number of carbonyl (C=O) groups is 1. The van der Waals surface area contributed by atoms with Crippen LogP contribution in [0.25, 0.3) is 0 Å². The van der Waals surface area contributed by atoms with E-state index in [9.17, 15) is 18.7 Å². The molecule has 5 nitrogen and oxygen atoms in total. The Morgan fingerprint density at radius 1 is 1.29 bits per heavy atom. The number of halogens is 2. The molecular weight excluding hydrogens is 320 g/mol. The molecule has 2 fully saturated rings. The zero-order chi connectivity index (χ0) is 17.5. The predicted octanol–water partition coefficient (Wildman–Crippen LogP) is 1.98. The summed E-state index contributed by atoms with van der Waals surface area (Å²) in [6.45, 7) is 0.650. The highest BCUT2D eigenvalue weighted by Gasteiger charge is 2.56. The summed E-state index contributed by atoms with van der Waals surface area (Å²) in [6.07, 6.45) is 1.20. The molecule has 1 saturated carbocycles. The van der Waals surface area contributed by atoms with E-state index < -0.39 is 29.2 Å². The SMILES string of the molecule is COc1ccc(F)c(C(=O)N2CCC3(CC2)[C@@H](O)C[C@H]3OC)c1F. The summed E-state index contributed by atoms with van der Waals surface area (Å²) >= 11 is 0. The third kappa shape index (κ3) is 2.46. The van der Waals surface area contributed by atoms with Crippen molar-refractivity contribution in [3.63, 3.8) is 0 Å². The maximum atomic E-state index is 14.3. The van der Waals surface area contributed by atoms with Crippen molar-refractivity contribution in [2.45, 2.75) is 31.5 Å². The van der Waals surface area contributed by atoms with Gasteiger partial charge in [0.05, 0.1) is 19.3 Å². The second-order valence-electron chi connectivity index (χ2n) is 6.44. The largest absolute Gasteiger partial charge is 0.494 e. The molecule has 1 aromatic carbocycles. The lowest BCUT2D eigenvalue weighted by atomic mass is 9.58. The lowest BCUT2D eigenvalue weighted by Gasteiger charge is -2.56. The molecule has 1 spiro atoms. The fourth-order valence-electron chi connectivity index (χ4n) is 3.88. The number of aliphatic hydroxyl groups is 1. The summed E-state index contributed by atoms with van der Waals surface area (Å²) < 4.78 is 38.5. The molecule has 1 N–H and O–H groups in total. The van der Waals surface area contributed by atoms with Gasteiger partial charge in [-0.1, -0.05) is 0 Å². The van der Waals surface area contributed by atoms with Crippen LogP contribution in [0.3, 0.4) is 0 Å². The molecule has 0 radical (unpaired) electrons. The van der Waals surface area contributed by atoms with Gasteiger partial charge in [-0.15, -0.1) is 0 Å². The van der Waals surface area contributed by atoms with Crippen LogP contribution in [0.4, 0.5) is 8.78 Å². The van der Waals surface area contributed by atoms with E-state index in [0.29, 0.717) is 32.4 Å². The van der Waals surface area contributed by atoms with Crippen LogP contribution >= 0.6 is 0 Å². The molecule has 2 aliphatic rings. The number of carbonyl (C=O) groups excluding carboxylic acids is 1. The molecule has 1 aliphatic heterocycles. The van der Waals surface area contributed by atoms with Crippen LogP contribution in [-0.4, -0.2) is 55.4 Å². The third-order valence-electron chi connectivity index (χ3n) is 5.50. The van der Waals surface area contributed by atoms with Gasteiger partial charge in [0.25, 0.3) is 5.91 Å². The molecule has 0 bridgehead atoms. The van der Waals surface area contributed by atoms with Crippen LogP contribution in [0.2, 0.25) is 0 Å². The summed E-state index contributed by atoms with van der Waals surface area (Å²) in [4.78, 5) is 14.0. The number of ether oxygens (including phenoxy) is 2. The number of methoxy groups -OCH3 is 2. The molecular formula is C17H21F2NO4. The van der Waals surface area contributed by atoms with Crippen LogP contribution < -0.4 is 4.74 Å². The van der Waals surface area contributed by atoms with Gasteiger partial charge < -0.3 is 19.5 Å². The normalized spacial score (nSPS) is 25.5. The van der Waals surface area contributed by atoms with Crippen molar-refractivity contribution < 1.29 is 28.2 Å². The molecule has 24 heavy (non-hydrogen) atoms. The van der Waals surface area contributed by atoms with Gasteiger partial charge in [-0.3, -0.25) is 4.79 Å². The summed E-state index contributed by atoms with van der Waals surface area (Å²) in [5.41, 5.74) is -0.945. The van der Waals surface area contributed by atoms with Crippen molar-refractivity contribution in [3.05, 3.63) is 29.3 Å². The Kier molecular flexibility index (Phi) is 4.48. The minimum Gasteiger partial charge on any atom is -0.494 e. The summed E-state index contributed by atoms with van der Waals surface area (Å²) in [6, 6.07) is 2.18. The standard InChI is InChI=1S/C17H21F2NO4/c1-23-11-4-3-10(18)14(15(11)19)16(22)20-7-5-17(6-8-20)12(21)9-13(17)24-2/h3-4,12-13,21H,5-9H2,1-2H3/t12-,13+/m0/s1. The van der Waals surface area contributed by atoms with Crippen LogP contribution in [0.1, 0.15) is 29.6 Å². The third-order valence-corrected chi connectivity index (χ3v) is 5.50. The number of piperidine rings is 1. The molecule has 2 atom stereocenters. The van der Waals surface area contributed by atoms with Gasteiger partial charge in [0, 0.05) is 32.0 Å². The molecule has 1 heterocycles. The molecule has 132 valence electrons. The molecule has 0 unspecified atom stereocenters. The quantitative estimate of drug-likeness (QED) is 0.913. The maximum Gasteiger partial charge on any atom is 0.259 e. The smallest absolute Gasteiger partial charge is 0.259 e. The Bertz CT molecular complexity index is 644. The minimum atomic E-state index is -0.985. The molecule has 1 aliphatic carbocycles. The predicted molar refractivity (Wildman–Crippen MR) is 81.9 cm³/mol. The van der Waals surface area contributed by atoms with Crippen molar-refractivity contribution in [1.82, 2.24) is 4.90 Å². The maximum absolute atomic E-state index is 14.3. The van der Waals surface area contributed by atoms with Gasteiger partial charge in [-0.05, 0) is 25.0 Å². The number of amides is 1. The van der Waals surface area contributed by atoms with E-state index >= 15 is 0 Å². The number of benzene rings is 1. The van der Waals surface area contributed by atoms with E-state index in [1.807, 2.05) is 0 Å². The first-order chi connectivity index (χ1) is 11.4. The van der Waals surface area contributed by atoms with E-state index in [4.69, 9.17) is 9.47 Å². The Labute approximate surface area is 139 Å². The fourth-order valence-corrected chi connectivity index (χ4v) is 3.88. The highest BCUT2D eigenvalue weighted by molar-refractivity contribution is 5.95. The highest BCUT2D eigenvalue weighted by Crippen LogP contribution is 2.50. The number of rotatable bonds is 3. The number of aliphatic hydroxyl groups excluding tert-OH is 1. The van der Waals surface area contributed by atoms with Crippen LogP contribution in [0.5, 0.6) is 5.75 Å². The molecule has 1 amide bonds. The highest BCUT2D eigenvalue weighted by atomic mass is 19.1. The number of likely N-dealkylation sites (tertiary alicyclic amines) is 1. The van der Waals surface area contributed by atoms with Crippen molar-refractivity contribution in [2.75, 3.05) is 27.3 Å². The molecule has 1 saturated heterocycles. The van der Waals surface area contributed by atoms with E-state index in [0.717, 1.165) is 12.1 Å². The van der Waals surface area contributed by atoms with Crippen molar-refractivity contribution in [2.24, 2.45) is 5.41 Å². The van der Waals surface area contributed by atoms with Crippen LogP contribution in [0.15, 0.2) is 12.1 Å². The van der Waals surface area contributed by atoms with Crippen LogP contribution in [-0.2, 0) is 4.74 Å². The van der Waals surface area contributed by atoms with Gasteiger partial charge in [0.1, 0.15) is 11.4 Å². The van der Waals surface area contributed by atoms with E-state index in [1.165, 1.54) is 12.0 Å². The Balaban J connectivity index is 1.77. The Hall–Kier alpha value is -1.73. The van der Waals surface area contributed by atoms with Crippen molar-refractivity contribution >= 4 is 5.91 Å². The van der Waals surface area contributed by atoms with E-state index in [1.54, 1.807) is 7.11 Å². The second-order valence-corrected chi connectivity index (χ2v) is 6.44. The average molecular weight is 341 g/mol. The lowest BCUT2D eigenvalue weighted by Crippen LogP contribution is -2.62. The summed E-state index contributed by atoms with van der Waals surface area (Å²) in [7, 11) is 2.87. The topological polar surface area (TPSA) is 59.0 Å². The molecule has 7 heteroatoms. The molecule has 3 rings (SSSR count). The number of hydrogen-bond acceptors (Lipinski definition) is 4. The van der Waals surface area contributed by atoms with Gasteiger partial charge in [0.15, 0.2) is 11.6 Å². The number of hydrogen-bond donors (Lipinski definition) is 1. The monoisotopic (exact) mass is 341 g/mol. The average Bonchev–Trinajstić information content (AvgIpc) is 2.59. The van der Waals surface area contributed by atoms with Gasteiger partial charge in [-0.25, -0.2) is 8.78 Å². The van der Waals surface area contributed by atoms with Crippen molar-refractivity contribution in [1.29, 1.82) is 0 Å².